The number of rotatable bonds is 4. The molecule has 0 aliphatic carbocycles. The summed E-state index contributed by atoms with van der Waals surface area (Å²) in [5.74, 6) is -0.0570. The molecule has 0 radical (unpaired) electrons. The average molecular weight is 236 g/mol. The van der Waals surface area contributed by atoms with Crippen LogP contribution in [-0.2, 0) is 0 Å². The van der Waals surface area contributed by atoms with E-state index < -0.39 is 5.82 Å². The molecular weight excluding hydrogens is 223 g/mol. The highest BCUT2D eigenvalue weighted by molar-refractivity contribution is 5.80. The number of hydrogen-bond donors (Lipinski definition) is 2. The molecule has 0 atom stereocenters. The maximum Gasteiger partial charge on any atom is 0.248 e. The van der Waals surface area contributed by atoms with E-state index in [9.17, 15) is 9.18 Å². The van der Waals surface area contributed by atoms with Gasteiger partial charge < -0.3 is 15.5 Å². The number of ether oxygens (including phenoxy) is 1. The minimum atomic E-state index is -0.497. The van der Waals surface area contributed by atoms with E-state index in [4.69, 9.17) is 10.5 Å². The molecule has 0 amide bonds. The fourth-order valence-electron chi connectivity index (χ4n) is 1.55. The zero-order valence-corrected chi connectivity index (χ0v) is 9.20. The van der Waals surface area contributed by atoms with E-state index in [-0.39, 0.29) is 11.1 Å². The summed E-state index contributed by atoms with van der Waals surface area (Å²) in [5, 5.41) is 0.604. The van der Waals surface area contributed by atoms with Crippen molar-refractivity contribution in [1.82, 2.24) is 4.98 Å². The normalized spacial score (nSPS) is 10.7. The van der Waals surface area contributed by atoms with Crippen LogP contribution in [0.3, 0.4) is 0 Å². The molecule has 2 aromatic rings. The molecule has 1 heterocycles. The highest BCUT2D eigenvalue weighted by atomic mass is 19.1. The molecule has 0 aliphatic rings. The monoisotopic (exact) mass is 236 g/mol. The molecule has 0 unspecified atom stereocenters. The summed E-state index contributed by atoms with van der Waals surface area (Å²) in [4.78, 5) is 13.5. The van der Waals surface area contributed by atoms with E-state index in [1.54, 1.807) is 12.1 Å². The van der Waals surface area contributed by atoms with Crippen LogP contribution >= 0.6 is 0 Å². The first-order chi connectivity index (χ1) is 8.20. The summed E-state index contributed by atoms with van der Waals surface area (Å²) in [7, 11) is 0. The van der Waals surface area contributed by atoms with Crippen LogP contribution < -0.4 is 16.0 Å². The SMILES string of the molecule is NCCCOc1cc(F)c2[nH]c(=O)ccc2c1. The standard InChI is InChI=1S/C12H13FN2O2/c13-10-7-9(17-5-1-4-14)6-8-2-3-11(16)15-12(8)10/h2-3,6-7H,1,4-5,14H2,(H,15,16). The third-order valence-corrected chi connectivity index (χ3v) is 2.37. The third kappa shape index (κ3) is 2.62. The van der Waals surface area contributed by atoms with Crippen molar-refractivity contribution in [2.75, 3.05) is 13.2 Å². The van der Waals surface area contributed by atoms with Crippen molar-refractivity contribution in [3.05, 3.63) is 40.4 Å². The molecule has 0 saturated heterocycles. The Morgan fingerprint density at radius 1 is 1.35 bits per heavy atom. The Kier molecular flexibility index (Phi) is 3.39. The maximum atomic E-state index is 13.7. The van der Waals surface area contributed by atoms with Gasteiger partial charge in [0, 0.05) is 17.5 Å². The van der Waals surface area contributed by atoms with Gasteiger partial charge in [-0.2, -0.15) is 0 Å². The van der Waals surface area contributed by atoms with E-state index in [1.165, 1.54) is 12.1 Å². The maximum absolute atomic E-state index is 13.7. The number of benzene rings is 1. The van der Waals surface area contributed by atoms with Crippen molar-refractivity contribution < 1.29 is 9.13 Å². The van der Waals surface area contributed by atoms with E-state index in [0.717, 1.165) is 0 Å². The lowest BCUT2D eigenvalue weighted by Gasteiger charge is -2.07. The van der Waals surface area contributed by atoms with Gasteiger partial charge in [0.1, 0.15) is 5.75 Å². The Labute approximate surface area is 97.2 Å². The summed E-state index contributed by atoms with van der Waals surface area (Å²) in [5.41, 5.74) is 5.21. The minimum absolute atomic E-state index is 0.198. The van der Waals surface area contributed by atoms with Gasteiger partial charge in [-0.1, -0.05) is 0 Å². The van der Waals surface area contributed by atoms with Crippen molar-refractivity contribution in [3.63, 3.8) is 0 Å². The molecular formula is C12H13FN2O2. The zero-order chi connectivity index (χ0) is 12.3. The number of aromatic amines is 1. The second-order valence-electron chi connectivity index (χ2n) is 3.68. The van der Waals surface area contributed by atoms with E-state index in [1.807, 2.05) is 0 Å². The van der Waals surface area contributed by atoms with Crippen molar-refractivity contribution >= 4 is 10.9 Å². The number of aromatic nitrogens is 1. The predicted octanol–water partition coefficient (Wildman–Crippen LogP) is 1.39. The highest BCUT2D eigenvalue weighted by Crippen LogP contribution is 2.21. The number of nitrogens with two attached hydrogens (primary N) is 1. The molecule has 0 spiro atoms. The molecule has 0 aliphatic heterocycles. The molecule has 1 aromatic carbocycles. The lowest BCUT2D eigenvalue weighted by atomic mass is 10.2. The Bertz CT molecular complexity index is 580. The topological polar surface area (TPSA) is 68.1 Å². The first-order valence-corrected chi connectivity index (χ1v) is 5.36. The van der Waals surface area contributed by atoms with Gasteiger partial charge >= 0.3 is 0 Å². The highest BCUT2D eigenvalue weighted by Gasteiger charge is 2.05. The van der Waals surface area contributed by atoms with Crippen LogP contribution in [0.5, 0.6) is 5.75 Å². The van der Waals surface area contributed by atoms with E-state index in [2.05, 4.69) is 4.98 Å². The molecule has 4 nitrogen and oxygen atoms in total. The van der Waals surface area contributed by atoms with Crippen LogP contribution in [0.4, 0.5) is 4.39 Å². The van der Waals surface area contributed by atoms with Crippen LogP contribution in [0.2, 0.25) is 0 Å². The second kappa shape index (κ2) is 4.97. The quantitative estimate of drug-likeness (QED) is 0.788. The van der Waals surface area contributed by atoms with Gasteiger partial charge in [0.2, 0.25) is 5.56 Å². The number of pyridine rings is 1. The summed E-state index contributed by atoms with van der Waals surface area (Å²) in [6.45, 7) is 0.980. The largest absolute Gasteiger partial charge is 0.493 e. The Morgan fingerprint density at radius 3 is 2.94 bits per heavy atom. The molecule has 1 aromatic heterocycles. The summed E-state index contributed by atoms with van der Waals surface area (Å²) in [6.07, 6.45) is 0.714. The molecule has 3 N–H and O–H groups in total. The fourth-order valence-corrected chi connectivity index (χ4v) is 1.55. The fraction of sp³-hybridized carbons (Fsp3) is 0.250. The molecule has 2 rings (SSSR count). The van der Waals surface area contributed by atoms with Crippen molar-refractivity contribution in [2.24, 2.45) is 5.73 Å². The summed E-state index contributed by atoms with van der Waals surface area (Å²) < 4.78 is 19.0. The lowest BCUT2D eigenvalue weighted by Crippen LogP contribution is -2.07. The first-order valence-electron chi connectivity index (χ1n) is 5.36. The van der Waals surface area contributed by atoms with E-state index >= 15 is 0 Å². The van der Waals surface area contributed by atoms with Gasteiger partial charge in [-0.15, -0.1) is 0 Å². The number of H-pyrrole nitrogens is 1. The summed E-state index contributed by atoms with van der Waals surface area (Å²) >= 11 is 0. The van der Waals surface area contributed by atoms with E-state index in [0.29, 0.717) is 30.7 Å². The Hall–Kier alpha value is -1.88. The summed E-state index contributed by atoms with van der Waals surface area (Å²) in [6, 6.07) is 5.86. The van der Waals surface area contributed by atoms with Crippen LogP contribution in [0.15, 0.2) is 29.1 Å². The predicted molar refractivity (Wildman–Crippen MR) is 63.7 cm³/mol. The molecule has 0 saturated carbocycles. The van der Waals surface area contributed by atoms with Gasteiger partial charge in [0.25, 0.3) is 0 Å². The molecule has 0 bridgehead atoms. The number of halogens is 1. The zero-order valence-electron chi connectivity index (χ0n) is 9.20. The van der Waals surface area contributed by atoms with Crippen LogP contribution in [-0.4, -0.2) is 18.1 Å². The Morgan fingerprint density at radius 2 is 2.18 bits per heavy atom. The van der Waals surface area contributed by atoms with Crippen molar-refractivity contribution in [3.8, 4) is 5.75 Å². The number of hydrogen-bond acceptors (Lipinski definition) is 3. The molecule has 90 valence electrons. The van der Waals surface area contributed by atoms with Gasteiger partial charge in [-0.3, -0.25) is 4.79 Å². The van der Waals surface area contributed by atoms with Gasteiger partial charge in [-0.25, -0.2) is 4.39 Å². The van der Waals surface area contributed by atoms with Gasteiger partial charge in [0.15, 0.2) is 5.82 Å². The van der Waals surface area contributed by atoms with Crippen molar-refractivity contribution in [1.29, 1.82) is 0 Å². The Balaban J connectivity index is 2.35. The van der Waals surface area contributed by atoms with Crippen LogP contribution in [0.25, 0.3) is 10.9 Å². The lowest BCUT2D eigenvalue weighted by molar-refractivity contribution is 0.312. The average Bonchev–Trinajstić information content (AvgIpc) is 2.31. The minimum Gasteiger partial charge on any atom is -0.493 e. The van der Waals surface area contributed by atoms with Crippen LogP contribution in [0, 0.1) is 5.82 Å². The number of nitrogens with one attached hydrogen (secondary N) is 1. The third-order valence-electron chi connectivity index (χ3n) is 2.37. The molecule has 17 heavy (non-hydrogen) atoms. The smallest absolute Gasteiger partial charge is 0.248 e. The second-order valence-corrected chi connectivity index (χ2v) is 3.68. The van der Waals surface area contributed by atoms with Crippen molar-refractivity contribution in [2.45, 2.75) is 6.42 Å². The van der Waals surface area contributed by atoms with Gasteiger partial charge in [0.05, 0.1) is 12.1 Å². The number of fused-ring (bicyclic) bond motifs is 1. The molecule has 0 fully saturated rings. The molecule has 5 heteroatoms. The first kappa shape index (κ1) is 11.6. The van der Waals surface area contributed by atoms with Crippen LogP contribution in [0.1, 0.15) is 6.42 Å². The van der Waals surface area contributed by atoms with Gasteiger partial charge in [-0.05, 0) is 25.1 Å².